The summed E-state index contributed by atoms with van der Waals surface area (Å²) in [5.74, 6) is 1.57. The Labute approximate surface area is 217 Å². The number of carbonyl (C=O) groups is 1. The molecule has 0 bridgehead atoms. The molecule has 1 aliphatic rings. The highest BCUT2D eigenvalue weighted by molar-refractivity contribution is 5.93. The molecule has 37 heavy (non-hydrogen) atoms. The van der Waals surface area contributed by atoms with Crippen molar-refractivity contribution >= 4 is 17.0 Å². The number of carboxylic acid groups (broad SMARTS) is 1. The van der Waals surface area contributed by atoms with Gasteiger partial charge in [-0.1, -0.05) is 38.7 Å². The molecule has 5 rings (SSSR count). The smallest absolute Gasteiger partial charge is 0.335 e. The minimum Gasteiger partial charge on any atom is -0.497 e. The molecule has 0 aliphatic heterocycles. The molecule has 1 heterocycles. The predicted octanol–water partition coefficient (Wildman–Crippen LogP) is 7.45. The molecule has 0 unspecified atom stereocenters. The lowest BCUT2D eigenvalue weighted by molar-refractivity contribution is 0.0697. The molecule has 6 heteroatoms. The van der Waals surface area contributed by atoms with E-state index in [1.807, 2.05) is 42.5 Å². The van der Waals surface area contributed by atoms with Crippen molar-refractivity contribution in [1.29, 1.82) is 0 Å². The highest BCUT2D eigenvalue weighted by Gasteiger charge is 2.22. The molecule has 1 aliphatic carbocycles. The van der Waals surface area contributed by atoms with Crippen LogP contribution >= 0.6 is 0 Å². The van der Waals surface area contributed by atoms with E-state index in [0.717, 1.165) is 58.7 Å². The van der Waals surface area contributed by atoms with Gasteiger partial charge in [0.05, 0.1) is 23.7 Å². The summed E-state index contributed by atoms with van der Waals surface area (Å²) in [6.07, 6.45) is 8.09. The second-order valence-corrected chi connectivity index (χ2v) is 9.76. The highest BCUT2D eigenvalue weighted by atomic mass is 16.5. The summed E-state index contributed by atoms with van der Waals surface area (Å²) in [6, 6.07) is 19.8. The first kappa shape index (κ1) is 24.9. The Balaban J connectivity index is 1.45. The summed E-state index contributed by atoms with van der Waals surface area (Å²) in [5.41, 5.74) is 5.35. The van der Waals surface area contributed by atoms with Gasteiger partial charge >= 0.3 is 5.97 Å². The van der Waals surface area contributed by atoms with Gasteiger partial charge in [-0.2, -0.15) is 0 Å². The fraction of sp³-hybridized carbons (Fsp3) is 0.355. The van der Waals surface area contributed by atoms with Gasteiger partial charge in [0.15, 0.2) is 0 Å². The lowest BCUT2D eigenvalue weighted by atomic mass is 10.1. The van der Waals surface area contributed by atoms with Gasteiger partial charge in [-0.3, -0.25) is 0 Å². The second-order valence-electron chi connectivity index (χ2n) is 9.76. The molecule has 3 aromatic carbocycles. The van der Waals surface area contributed by atoms with Crippen LogP contribution in [0.4, 0.5) is 0 Å². The third-order valence-electron chi connectivity index (χ3n) is 7.43. The van der Waals surface area contributed by atoms with E-state index in [2.05, 4.69) is 17.6 Å². The van der Waals surface area contributed by atoms with Crippen molar-refractivity contribution in [2.24, 2.45) is 0 Å². The third-order valence-corrected chi connectivity index (χ3v) is 7.43. The molecule has 0 amide bonds. The number of aromatic carboxylic acids is 1. The number of hydrogen-bond acceptors (Lipinski definition) is 4. The number of aryl methyl sites for hydroxylation is 1. The standard InChI is InChI=1S/C31H34N2O4/c1-3-21-10-16-27(36-2)18-24(21)20-37-26-14-11-22(12-15-26)30-32-28-19-23(31(34)35)13-17-29(28)33(30)25-8-6-4-5-7-9-25/h10-19,25H,3-9,20H2,1-2H3,(H,34,35). The average Bonchev–Trinajstić information content (AvgIpc) is 3.10. The number of fused-ring (bicyclic) bond motifs is 1. The molecular weight excluding hydrogens is 464 g/mol. The Hall–Kier alpha value is -3.80. The van der Waals surface area contributed by atoms with Crippen LogP contribution < -0.4 is 9.47 Å². The maximum absolute atomic E-state index is 11.6. The van der Waals surface area contributed by atoms with E-state index in [9.17, 15) is 9.90 Å². The predicted molar refractivity (Wildman–Crippen MR) is 146 cm³/mol. The fourth-order valence-corrected chi connectivity index (χ4v) is 5.39. The van der Waals surface area contributed by atoms with Crippen LogP contribution in [0.2, 0.25) is 0 Å². The number of methoxy groups -OCH3 is 1. The summed E-state index contributed by atoms with van der Waals surface area (Å²) >= 11 is 0. The van der Waals surface area contributed by atoms with Gasteiger partial charge in [0, 0.05) is 11.6 Å². The number of aromatic nitrogens is 2. The molecule has 6 nitrogen and oxygen atoms in total. The summed E-state index contributed by atoms with van der Waals surface area (Å²) in [5, 5.41) is 9.49. The summed E-state index contributed by atoms with van der Waals surface area (Å²) in [4.78, 5) is 16.5. The van der Waals surface area contributed by atoms with Gasteiger partial charge in [-0.15, -0.1) is 0 Å². The van der Waals surface area contributed by atoms with E-state index in [1.165, 1.54) is 31.2 Å². The monoisotopic (exact) mass is 498 g/mol. The minimum absolute atomic E-state index is 0.261. The van der Waals surface area contributed by atoms with Crippen LogP contribution in [0.25, 0.3) is 22.4 Å². The zero-order valence-electron chi connectivity index (χ0n) is 21.6. The molecule has 1 N–H and O–H groups in total. The first-order valence-electron chi connectivity index (χ1n) is 13.2. The van der Waals surface area contributed by atoms with E-state index in [4.69, 9.17) is 14.5 Å². The largest absolute Gasteiger partial charge is 0.497 e. The number of ether oxygens (including phenoxy) is 2. The van der Waals surface area contributed by atoms with Gasteiger partial charge in [0.2, 0.25) is 0 Å². The van der Waals surface area contributed by atoms with Crippen molar-refractivity contribution < 1.29 is 19.4 Å². The van der Waals surface area contributed by atoms with Crippen LogP contribution in [0.15, 0.2) is 60.7 Å². The second kappa shape index (κ2) is 11.1. The normalized spacial score (nSPS) is 14.4. The topological polar surface area (TPSA) is 73.6 Å². The number of rotatable bonds is 8. The number of benzene rings is 3. The molecular formula is C31H34N2O4. The van der Waals surface area contributed by atoms with Gasteiger partial charge in [-0.25, -0.2) is 9.78 Å². The third kappa shape index (κ3) is 5.33. The number of imidazole rings is 1. The average molecular weight is 499 g/mol. The first-order chi connectivity index (χ1) is 18.1. The Bertz CT molecular complexity index is 1380. The number of hydrogen-bond donors (Lipinski definition) is 1. The van der Waals surface area contributed by atoms with Crippen molar-refractivity contribution in [3.8, 4) is 22.9 Å². The van der Waals surface area contributed by atoms with Crippen LogP contribution in [0.5, 0.6) is 11.5 Å². The fourth-order valence-electron chi connectivity index (χ4n) is 5.39. The highest BCUT2D eigenvalue weighted by Crippen LogP contribution is 2.36. The Kier molecular flexibility index (Phi) is 7.45. The molecule has 1 saturated carbocycles. The van der Waals surface area contributed by atoms with Crippen molar-refractivity contribution in [3.05, 3.63) is 77.4 Å². The van der Waals surface area contributed by atoms with Crippen molar-refractivity contribution in [2.75, 3.05) is 7.11 Å². The summed E-state index contributed by atoms with van der Waals surface area (Å²) < 4.78 is 13.9. The van der Waals surface area contributed by atoms with Gasteiger partial charge in [0.1, 0.15) is 23.9 Å². The quantitative estimate of drug-likeness (QED) is 0.255. The Morgan fingerprint density at radius 1 is 0.946 bits per heavy atom. The van der Waals surface area contributed by atoms with Crippen LogP contribution in [0.3, 0.4) is 0 Å². The number of nitrogens with zero attached hydrogens (tertiary/aromatic N) is 2. The zero-order valence-corrected chi connectivity index (χ0v) is 21.6. The van der Waals surface area contributed by atoms with E-state index >= 15 is 0 Å². The van der Waals surface area contributed by atoms with Crippen molar-refractivity contribution in [2.45, 2.75) is 64.5 Å². The van der Waals surface area contributed by atoms with Gasteiger partial charge in [-0.05, 0) is 85.0 Å². The van der Waals surface area contributed by atoms with Crippen LogP contribution in [-0.2, 0) is 13.0 Å². The van der Waals surface area contributed by atoms with Crippen molar-refractivity contribution in [3.63, 3.8) is 0 Å². The van der Waals surface area contributed by atoms with Crippen LogP contribution in [0, 0.1) is 0 Å². The number of carboxylic acids is 1. The lowest BCUT2D eigenvalue weighted by Crippen LogP contribution is -2.10. The van der Waals surface area contributed by atoms with E-state index < -0.39 is 5.97 Å². The van der Waals surface area contributed by atoms with Gasteiger partial charge < -0.3 is 19.1 Å². The molecule has 0 saturated heterocycles. The SMILES string of the molecule is CCc1ccc(OC)cc1COc1ccc(-c2nc3cc(C(=O)O)ccc3n2C2CCCCCC2)cc1. The van der Waals surface area contributed by atoms with Crippen LogP contribution in [0.1, 0.15) is 73.0 Å². The van der Waals surface area contributed by atoms with Crippen LogP contribution in [-0.4, -0.2) is 27.7 Å². The minimum atomic E-state index is -0.934. The molecule has 0 atom stereocenters. The maximum Gasteiger partial charge on any atom is 0.335 e. The lowest BCUT2D eigenvalue weighted by Gasteiger charge is -2.20. The van der Waals surface area contributed by atoms with Gasteiger partial charge in [0.25, 0.3) is 0 Å². The maximum atomic E-state index is 11.6. The molecule has 0 radical (unpaired) electrons. The molecule has 192 valence electrons. The molecule has 1 aromatic heterocycles. The summed E-state index contributed by atoms with van der Waals surface area (Å²) in [6.45, 7) is 2.61. The van der Waals surface area contributed by atoms with E-state index in [1.54, 1.807) is 19.2 Å². The van der Waals surface area contributed by atoms with E-state index in [0.29, 0.717) is 12.6 Å². The summed E-state index contributed by atoms with van der Waals surface area (Å²) in [7, 11) is 1.68. The Morgan fingerprint density at radius 2 is 1.68 bits per heavy atom. The van der Waals surface area contributed by atoms with Crippen molar-refractivity contribution in [1.82, 2.24) is 9.55 Å². The molecule has 0 spiro atoms. The first-order valence-corrected chi connectivity index (χ1v) is 13.2. The van der Waals surface area contributed by atoms with E-state index in [-0.39, 0.29) is 5.56 Å². The molecule has 1 fully saturated rings. The zero-order chi connectivity index (χ0) is 25.8. The molecule has 4 aromatic rings. The Morgan fingerprint density at radius 3 is 2.35 bits per heavy atom.